The first-order valence-corrected chi connectivity index (χ1v) is 3.69. The van der Waals surface area contributed by atoms with Crippen molar-refractivity contribution < 1.29 is 14.7 Å². The highest BCUT2D eigenvalue weighted by Gasteiger charge is 2.04. The third kappa shape index (κ3) is 1.59. The maximum absolute atomic E-state index is 10.4. The van der Waals surface area contributed by atoms with Crippen LogP contribution in [-0.4, -0.2) is 27.6 Å². The predicted octanol–water partition coefficient (Wildman–Crippen LogP) is -0.00890. The second-order valence-corrected chi connectivity index (χ2v) is 2.76. The van der Waals surface area contributed by atoms with Gasteiger partial charge in [-0.05, 0) is 12.1 Å². The van der Waals surface area contributed by atoms with Gasteiger partial charge in [-0.15, -0.1) is 0 Å². The van der Waals surface area contributed by atoms with Crippen LogP contribution in [0.4, 0.5) is 0 Å². The lowest BCUT2D eigenvalue weighted by atomic mass is 10.1. The number of carboxylic acids is 1. The molecule has 12 heavy (non-hydrogen) atoms. The lowest BCUT2D eigenvalue weighted by molar-refractivity contribution is 0.0696. The van der Waals surface area contributed by atoms with Gasteiger partial charge in [-0.3, -0.25) is 4.79 Å². The first-order valence-electron chi connectivity index (χ1n) is 3.19. The molecule has 1 rings (SSSR count). The van der Waals surface area contributed by atoms with Gasteiger partial charge in [0.2, 0.25) is 0 Å². The van der Waals surface area contributed by atoms with Crippen molar-refractivity contribution in [3.63, 3.8) is 0 Å². The van der Waals surface area contributed by atoms with E-state index in [-0.39, 0.29) is 5.56 Å². The van der Waals surface area contributed by atoms with Crippen LogP contribution in [0.3, 0.4) is 0 Å². The van der Waals surface area contributed by atoms with E-state index < -0.39 is 5.97 Å². The predicted molar refractivity (Wildman–Crippen MR) is 44.2 cm³/mol. The molecule has 4 heteroatoms. The number of aldehydes is 1. The fraction of sp³-hybridized carbons (Fsp3) is 0. The summed E-state index contributed by atoms with van der Waals surface area (Å²) in [7, 11) is 3.13. The molecule has 3 nitrogen and oxygen atoms in total. The lowest BCUT2D eigenvalue weighted by Gasteiger charge is -1.98. The first-order chi connectivity index (χ1) is 5.65. The Labute approximate surface area is 72.4 Å². The molecule has 0 aromatic heterocycles. The van der Waals surface area contributed by atoms with E-state index in [1.807, 2.05) is 0 Å². The molecule has 1 aromatic rings. The van der Waals surface area contributed by atoms with Crippen LogP contribution in [0.5, 0.6) is 0 Å². The van der Waals surface area contributed by atoms with Gasteiger partial charge in [0.15, 0.2) is 0 Å². The summed E-state index contributed by atoms with van der Waals surface area (Å²) in [6, 6.07) is 4.23. The lowest BCUT2D eigenvalue weighted by Crippen LogP contribution is -2.12. The van der Waals surface area contributed by atoms with Crippen molar-refractivity contribution in [1.29, 1.82) is 0 Å². The van der Waals surface area contributed by atoms with Gasteiger partial charge >= 0.3 is 5.97 Å². The zero-order valence-corrected chi connectivity index (χ0v) is 7.07. The highest BCUT2D eigenvalue weighted by atomic mass is 28.1. The van der Waals surface area contributed by atoms with E-state index in [0.717, 1.165) is 0 Å². The van der Waals surface area contributed by atoms with Gasteiger partial charge in [-0.1, -0.05) is 11.3 Å². The summed E-state index contributed by atoms with van der Waals surface area (Å²) >= 11 is 0. The molecule has 0 saturated heterocycles. The van der Waals surface area contributed by atoms with Crippen LogP contribution >= 0.6 is 0 Å². The summed E-state index contributed by atoms with van der Waals surface area (Å²) in [5.74, 6) is -1.01. The number of hydrogen-bond donors (Lipinski definition) is 1. The normalized spacial score (nSPS) is 9.42. The topological polar surface area (TPSA) is 54.4 Å². The molecule has 0 aliphatic rings. The maximum atomic E-state index is 10.4. The Morgan fingerprint density at radius 1 is 1.50 bits per heavy atom. The number of carboxylic acid groups (broad SMARTS) is 1. The SMILES string of the molecule is O=Cc1ccc(C(=O)O)cc1[Si]. The van der Waals surface area contributed by atoms with Gasteiger partial charge in [0.1, 0.15) is 6.29 Å². The Hall–Kier alpha value is -1.42. The molecule has 0 unspecified atom stereocenters. The quantitative estimate of drug-likeness (QED) is 0.510. The van der Waals surface area contributed by atoms with Crippen LogP contribution in [0.2, 0.25) is 0 Å². The summed E-state index contributed by atoms with van der Waals surface area (Å²) in [6.45, 7) is 0. The van der Waals surface area contributed by atoms with Crippen LogP contribution in [-0.2, 0) is 0 Å². The monoisotopic (exact) mass is 177 g/mol. The molecule has 0 aliphatic carbocycles. The van der Waals surface area contributed by atoms with Crippen LogP contribution in [0.25, 0.3) is 0 Å². The molecule has 0 amide bonds. The molecule has 0 bridgehead atoms. The second-order valence-electron chi connectivity index (χ2n) is 2.23. The summed E-state index contributed by atoms with van der Waals surface area (Å²) in [5.41, 5.74) is 0.599. The first kappa shape index (κ1) is 8.67. The largest absolute Gasteiger partial charge is 0.478 e. The fourth-order valence-corrected chi connectivity index (χ4v) is 1.09. The Kier molecular flexibility index (Phi) is 2.40. The molecule has 0 fully saturated rings. The van der Waals surface area contributed by atoms with E-state index in [9.17, 15) is 9.59 Å². The van der Waals surface area contributed by atoms with E-state index in [2.05, 4.69) is 10.2 Å². The highest BCUT2D eigenvalue weighted by Crippen LogP contribution is 1.98. The minimum atomic E-state index is -1.01. The van der Waals surface area contributed by atoms with E-state index in [1.54, 1.807) is 0 Å². The van der Waals surface area contributed by atoms with Crippen molar-refractivity contribution in [3.8, 4) is 0 Å². The van der Waals surface area contributed by atoms with Crippen molar-refractivity contribution in [2.24, 2.45) is 0 Å². The Morgan fingerprint density at radius 3 is 2.58 bits per heavy atom. The number of rotatable bonds is 2. The Balaban J connectivity index is 3.18. The van der Waals surface area contributed by atoms with Gasteiger partial charge in [0.05, 0.1) is 15.8 Å². The van der Waals surface area contributed by atoms with Crippen LogP contribution < -0.4 is 5.19 Å². The number of carbonyl (C=O) groups excluding carboxylic acids is 1. The van der Waals surface area contributed by atoms with Gasteiger partial charge in [-0.25, -0.2) is 4.79 Å². The highest BCUT2D eigenvalue weighted by molar-refractivity contribution is 6.35. The van der Waals surface area contributed by atoms with Gasteiger partial charge in [0, 0.05) is 5.56 Å². The van der Waals surface area contributed by atoms with E-state index in [4.69, 9.17) is 5.11 Å². The molecule has 0 spiro atoms. The van der Waals surface area contributed by atoms with Crippen LogP contribution in [0.1, 0.15) is 20.7 Å². The number of benzene rings is 1. The third-order valence-electron chi connectivity index (χ3n) is 1.43. The van der Waals surface area contributed by atoms with E-state index >= 15 is 0 Å². The maximum Gasteiger partial charge on any atom is 0.335 e. The van der Waals surface area contributed by atoms with Crippen LogP contribution in [0, 0.1) is 0 Å². The summed E-state index contributed by atoms with van der Waals surface area (Å²) in [6.07, 6.45) is 0.661. The minimum Gasteiger partial charge on any atom is -0.478 e. The average Bonchev–Trinajstić information content (AvgIpc) is 2.04. The van der Waals surface area contributed by atoms with E-state index in [1.165, 1.54) is 18.2 Å². The summed E-state index contributed by atoms with van der Waals surface area (Å²) in [4.78, 5) is 20.8. The Morgan fingerprint density at radius 2 is 2.17 bits per heavy atom. The van der Waals surface area contributed by atoms with Crippen LogP contribution in [0.15, 0.2) is 18.2 Å². The molecule has 0 aliphatic heterocycles. The van der Waals surface area contributed by atoms with Crippen molar-refractivity contribution in [3.05, 3.63) is 29.3 Å². The molecular weight excluding hydrogens is 172 g/mol. The molecular formula is C8H5O3Si. The summed E-state index contributed by atoms with van der Waals surface area (Å²) < 4.78 is 0. The third-order valence-corrected chi connectivity index (χ3v) is 1.86. The summed E-state index contributed by atoms with van der Waals surface area (Å²) in [5, 5.41) is 9.05. The molecule has 1 N–H and O–H groups in total. The molecule has 1 aromatic carbocycles. The molecule has 59 valence electrons. The van der Waals surface area contributed by atoms with Crippen molar-refractivity contribution in [1.82, 2.24) is 0 Å². The van der Waals surface area contributed by atoms with Gasteiger partial charge in [0.25, 0.3) is 0 Å². The smallest absolute Gasteiger partial charge is 0.335 e. The van der Waals surface area contributed by atoms with Crippen molar-refractivity contribution in [2.45, 2.75) is 0 Å². The van der Waals surface area contributed by atoms with Gasteiger partial charge in [-0.2, -0.15) is 0 Å². The number of carbonyl (C=O) groups is 2. The zero-order chi connectivity index (χ0) is 9.14. The number of hydrogen-bond acceptors (Lipinski definition) is 2. The number of aromatic carboxylic acids is 1. The molecule has 0 heterocycles. The zero-order valence-electron chi connectivity index (χ0n) is 6.07. The van der Waals surface area contributed by atoms with Gasteiger partial charge < -0.3 is 5.11 Å². The average molecular weight is 177 g/mol. The standard InChI is InChI=1S/C8H5O3Si/c9-4-6-2-1-5(8(10)11)3-7(6)12/h1-4H,(H,10,11). The fourth-order valence-electron chi connectivity index (χ4n) is 0.792. The Bertz CT molecular complexity index is 333. The van der Waals surface area contributed by atoms with E-state index in [0.29, 0.717) is 17.0 Å². The molecule has 0 saturated carbocycles. The van der Waals surface area contributed by atoms with Crippen molar-refractivity contribution in [2.75, 3.05) is 0 Å². The molecule has 0 atom stereocenters. The van der Waals surface area contributed by atoms with Crippen molar-refractivity contribution >= 4 is 27.7 Å². The second kappa shape index (κ2) is 3.32. The molecule has 3 radical (unpaired) electrons. The minimum absolute atomic E-state index is 0.158.